The summed E-state index contributed by atoms with van der Waals surface area (Å²) in [7, 11) is 3.30. The van der Waals surface area contributed by atoms with Gasteiger partial charge in [-0.15, -0.1) is 0 Å². The van der Waals surface area contributed by atoms with Crippen LogP contribution in [-0.2, 0) is 6.54 Å². The second kappa shape index (κ2) is 6.91. The van der Waals surface area contributed by atoms with Crippen LogP contribution in [0.15, 0.2) is 42.7 Å². The van der Waals surface area contributed by atoms with Gasteiger partial charge in [0, 0.05) is 30.5 Å². The van der Waals surface area contributed by atoms with Crippen LogP contribution in [0.4, 0.5) is 0 Å². The molecule has 0 saturated carbocycles. The van der Waals surface area contributed by atoms with Gasteiger partial charge in [-0.2, -0.15) is 0 Å². The monoisotopic (exact) mass is 272 g/mol. The van der Waals surface area contributed by atoms with E-state index in [0.717, 1.165) is 22.6 Å². The second-order valence-electron chi connectivity index (χ2n) is 4.54. The SMILES string of the molecule is COc1cccc(CN[C@@H](C)c2cccnc2)c1OC. The molecule has 1 atom stereocenters. The molecule has 106 valence electrons. The predicted octanol–water partition coefficient (Wildman–Crippen LogP) is 2.95. The Morgan fingerprint density at radius 1 is 1.15 bits per heavy atom. The lowest BCUT2D eigenvalue weighted by atomic mass is 10.1. The highest BCUT2D eigenvalue weighted by atomic mass is 16.5. The molecule has 1 heterocycles. The highest BCUT2D eigenvalue weighted by molar-refractivity contribution is 5.46. The quantitative estimate of drug-likeness (QED) is 0.878. The lowest BCUT2D eigenvalue weighted by Gasteiger charge is -2.16. The molecule has 0 unspecified atom stereocenters. The van der Waals surface area contributed by atoms with Crippen molar-refractivity contribution >= 4 is 0 Å². The number of benzene rings is 1. The third kappa shape index (κ3) is 3.27. The van der Waals surface area contributed by atoms with Gasteiger partial charge >= 0.3 is 0 Å². The molecule has 0 aliphatic heterocycles. The van der Waals surface area contributed by atoms with E-state index in [1.54, 1.807) is 20.4 Å². The van der Waals surface area contributed by atoms with E-state index < -0.39 is 0 Å². The van der Waals surface area contributed by atoms with E-state index in [0.29, 0.717) is 6.54 Å². The average molecular weight is 272 g/mol. The Bertz CT molecular complexity index is 543. The summed E-state index contributed by atoms with van der Waals surface area (Å²) in [6.45, 7) is 2.82. The lowest BCUT2D eigenvalue weighted by Crippen LogP contribution is -2.18. The normalized spacial score (nSPS) is 11.9. The van der Waals surface area contributed by atoms with Crippen molar-refractivity contribution < 1.29 is 9.47 Å². The fourth-order valence-electron chi connectivity index (χ4n) is 2.11. The van der Waals surface area contributed by atoms with Crippen molar-refractivity contribution in [3.05, 3.63) is 53.9 Å². The van der Waals surface area contributed by atoms with Crippen molar-refractivity contribution in [3.8, 4) is 11.5 Å². The molecule has 4 nitrogen and oxygen atoms in total. The number of rotatable bonds is 6. The topological polar surface area (TPSA) is 43.4 Å². The minimum atomic E-state index is 0.222. The van der Waals surface area contributed by atoms with Gasteiger partial charge in [-0.3, -0.25) is 4.98 Å². The number of para-hydroxylation sites is 1. The standard InChI is InChI=1S/C16H20N2O2/c1-12(13-7-5-9-17-10-13)18-11-14-6-4-8-15(19-2)16(14)20-3/h4-10,12,18H,11H2,1-3H3/t12-/m0/s1. The molecule has 20 heavy (non-hydrogen) atoms. The van der Waals surface area contributed by atoms with Crippen LogP contribution in [0.3, 0.4) is 0 Å². The highest BCUT2D eigenvalue weighted by Crippen LogP contribution is 2.30. The van der Waals surface area contributed by atoms with Gasteiger partial charge < -0.3 is 14.8 Å². The average Bonchev–Trinajstić information content (AvgIpc) is 2.52. The Morgan fingerprint density at radius 3 is 2.65 bits per heavy atom. The molecule has 1 aromatic heterocycles. The molecular weight excluding hydrogens is 252 g/mol. The van der Waals surface area contributed by atoms with E-state index in [-0.39, 0.29) is 6.04 Å². The van der Waals surface area contributed by atoms with E-state index in [1.165, 1.54) is 0 Å². The summed E-state index contributed by atoms with van der Waals surface area (Å²) in [4.78, 5) is 4.14. The number of pyridine rings is 1. The summed E-state index contributed by atoms with van der Waals surface area (Å²) >= 11 is 0. The summed E-state index contributed by atoms with van der Waals surface area (Å²) in [5.74, 6) is 1.53. The van der Waals surface area contributed by atoms with Crippen molar-refractivity contribution in [2.24, 2.45) is 0 Å². The van der Waals surface area contributed by atoms with Crippen molar-refractivity contribution in [1.82, 2.24) is 10.3 Å². The lowest BCUT2D eigenvalue weighted by molar-refractivity contribution is 0.350. The molecule has 0 aliphatic carbocycles. The molecule has 0 fully saturated rings. The maximum absolute atomic E-state index is 5.43. The Morgan fingerprint density at radius 2 is 2.00 bits per heavy atom. The molecule has 0 spiro atoms. The van der Waals surface area contributed by atoms with Crippen LogP contribution < -0.4 is 14.8 Å². The molecule has 0 aliphatic rings. The van der Waals surface area contributed by atoms with E-state index in [2.05, 4.69) is 23.3 Å². The van der Waals surface area contributed by atoms with Crippen LogP contribution in [0.25, 0.3) is 0 Å². The summed E-state index contributed by atoms with van der Waals surface area (Å²) in [5, 5.41) is 3.47. The van der Waals surface area contributed by atoms with Crippen LogP contribution in [0.2, 0.25) is 0 Å². The minimum absolute atomic E-state index is 0.222. The first kappa shape index (κ1) is 14.3. The molecule has 0 bridgehead atoms. The molecule has 0 saturated heterocycles. The molecule has 0 amide bonds. The number of hydrogen-bond donors (Lipinski definition) is 1. The Hall–Kier alpha value is -2.07. The second-order valence-corrected chi connectivity index (χ2v) is 4.54. The van der Waals surface area contributed by atoms with Crippen LogP contribution >= 0.6 is 0 Å². The first-order valence-corrected chi connectivity index (χ1v) is 6.59. The molecular formula is C16H20N2O2. The maximum atomic E-state index is 5.43. The van der Waals surface area contributed by atoms with Crippen LogP contribution in [0.5, 0.6) is 11.5 Å². The Labute approximate surface area is 119 Å². The molecule has 1 N–H and O–H groups in total. The van der Waals surface area contributed by atoms with Gasteiger partial charge in [-0.1, -0.05) is 18.2 Å². The number of methoxy groups -OCH3 is 2. The van der Waals surface area contributed by atoms with Crippen molar-refractivity contribution in [2.45, 2.75) is 19.5 Å². The zero-order valence-electron chi connectivity index (χ0n) is 12.1. The van der Waals surface area contributed by atoms with Crippen molar-refractivity contribution in [2.75, 3.05) is 14.2 Å². The molecule has 4 heteroatoms. The molecule has 2 aromatic rings. The number of nitrogens with zero attached hydrogens (tertiary/aromatic N) is 1. The third-order valence-electron chi connectivity index (χ3n) is 3.27. The van der Waals surface area contributed by atoms with Crippen LogP contribution in [-0.4, -0.2) is 19.2 Å². The minimum Gasteiger partial charge on any atom is -0.493 e. The first-order chi connectivity index (χ1) is 9.76. The zero-order valence-corrected chi connectivity index (χ0v) is 12.1. The largest absolute Gasteiger partial charge is 0.493 e. The number of ether oxygens (including phenoxy) is 2. The van der Waals surface area contributed by atoms with Gasteiger partial charge in [0.05, 0.1) is 14.2 Å². The summed E-state index contributed by atoms with van der Waals surface area (Å²) in [6.07, 6.45) is 3.65. The fourth-order valence-corrected chi connectivity index (χ4v) is 2.11. The van der Waals surface area contributed by atoms with E-state index in [4.69, 9.17) is 9.47 Å². The maximum Gasteiger partial charge on any atom is 0.165 e. The van der Waals surface area contributed by atoms with E-state index in [1.807, 2.05) is 30.5 Å². The van der Waals surface area contributed by atoms with Crippen molar-refractivity contribution in [3.63, 3.8) is 0 Å². The van der Waals surface area contributed by atoms with Gasteiger partial charge in [0.1, 0.15) is 0 Å². The van der Waals surface area contributed by atoms with Gasteiger partial charge in [-0.25, -0.2) is 0 Å². The third-order valence-corrected chi connectivity index (χ3v) is 3.27. The zero-order chi connectivity index (χ0) is 14.4. The number of nitrogens with one attached hydrogen (secondary N) is 1. The van der Waals surface area contributed by atoms with Crippen LogP contribution in [0.1, 0.15) is 24.1 Å². The van der Waals surface area contributed by atoms with Crippen LogP contribution in [0, 0.1) is 0 Å². The summed E-state index contributed by atoms with van der Waals surface area (Å²) in [5.41, 5.74) is 2.23. The van der Waals surface area contributed by atoms with E-state index in [9.17, 15) is 0 Å². The first-order valence-electron chi connectivity index (χ1n) is 6.59. The van der Waals surface area contributed by atoms with Gasteiger partial charge in [-0.05, 0) is 24.6 Å². The smallest absolute Gasteiger partial charge is 0.165 e. The Balaban J connectivity index is 2.07. The molecule has 2 rings (SSSR count). The summed E-state index contributed by atoms with van der Waals surface area (Å²) < 4.78 is 10.7. The van der Waals surface area contributed by atoms with Gasteiger partial charge in [0.2, 0.25) is 0 Å². The van der Waals surface area contributed by atoms with Gasteiger partial charge in [0.15, 0.2) is 11.5 Å². The highest BCUT2D eigenvalue weighted by Gasteiger charge is 2.11. The number of hydrogen-bond acceptors (Lipinski definition) is 4. The van der Waals surface area contributed by atoms with E-state index >= 15 is 0 Å². The summed E-state index contributed by atoms with van der Waals surface area (Å²) in [6, 6.07) is 10.1. The fraction of sp³-hybridized carbons (Fsp3) is 0.312. The van der Waals surface area contributed by atoms with Crippen molar-refractivity contribution in [1.29, 1.82) is 0 Å². The Kier molecular flexibility index (Phi) is 4.96. The predicted molar refractivity (Wildman–Crippen MR) is 79.0 cm³/mol. The van der Waals surface area contributed by atoms with Gasteiger partial charge in [0.25, 0.3) is 0 Å². The molecule has 1 aromatic carbocycles. The molecule has 0 radical (unpaired) electrons. The number of aromatic nitrogens is 1.